The Morgan fingerprint density at radius 2 is 1.32 bits per heavy atom. The van der Waals surface area contributed by atoms with Crippen LogP contribution in [0, 0.1) is 5.92 Å². The monoisotopic (exact) mass is 496 g/mol. The van der Waals surface area contributed by atoms with Gasteiger partial charge in [-0.05, 0) is 28.8 Å². The highest BCUT2D eigenvalue weighted by Gasteiger charge is 2.70. The predicted molar refractivity (Wildman–Crippen MR) is 146 cm³/mol. The number of para-hydroxylation sites is 1. The lowest BCUT2D eigenvalue weighted by molar-refractivity contribution is -0.122. The van der Waals surface area contributed by atoms with E-state index in [1.54, 1.807) is 24.3 Å². The molecular weight excluding hydrogens is 472 g/mol. The van der Waals surface area contributed by atoms with Gasteiger partial charge in [0.25, 0.3) is 0 Å². The highest BCUT2D eigenvalue weighted by molar-refractivity contribution is 6.16. The van der Waals surface area contributed by atoms with Crippen molar-refractivity contribution in [1.29, 1.82) is 0 Å². The molecule has 5 heteroatoms. The molecule has 0 radical (unpaired) electrons. The number of benzene rings is 4. The van der Waals surface area contributed by atoms with Gasteiger partial charge in [-0.25, -0.2) is 0 Å². The lowest BCUT2D eigenvalue weighted by atomic mass is 9.62. The van der Waals surface area contributed by atoms with Gasteiger partial charge in [0.2, 0.25) is 5.91 Å². The summed E-state index contributed by atoms with van der Waals surface area (Å²) in [5, 5.41) is 3.08. The fraction of sp³-hybridized carbons (Fsp3) is 0.121. The molecule has 4 aromatic carbocycles. The van der Waals surface area contributed by atoms with E-state index in [0.717, 1.165) is 16.7 Å². The number of rotatable bonds is 4. The first-order valence-electron chi connectivity index (χ1n) is 12.8. The van der Waals surface area contributed by atoms with Crippen LogP contribution in [-0.4, -0.2) is 28.4 Å². The Morgan fingerprint density at radius 3 is 2.05 bits per heavy atom. The molecule has 0 bridgehead atoms. The molecule has 3 aliphatic heterocycles. The molecule has 1 saturated heterocycles. The zero-order valence-corrected chi connectivity index (χ0v) is 20.5. The average molecular weight is 497 g/mol. The second-order valence-electron chi connectivity index (χ2n) is 10.0. The SMILES string of the molecule is O=C(c1ccccc1)C1C(C(=O)c2ccccc2)C2(C(=O)Nc3ccccc32)C2c3ccccc3C=CN12. The number of carbonyl (C=O) groups is 3. The van der Waals surface area contributed by atoms with Gasteiger partial charge in [-0.3, -0.25) is 14.4 Å². The summed E-state index contributed by atoms with van der Waals surface area (Å²) < 4.78 is 0. The first-order chi connectivity index (χ1) is 18.6. The van der Waals surface area contributed by atoms with Crippen molar-refractivity contribution < 1.29 is 14.4 Å². The fourth-order valence-corrected chi connectivity index (χ4v) is 6.72. The topological polar surface area (TPSA) is 66.5 Å². The molecule has 38 heavy (non-hydrogen) atoms. The van der Waals surface area contributed by atoms with Crippen molar-refractivity contribution >= 4 is 29.2 Å². The van der Waals surface area contributed by atoms with Gasteiger partial charge < -0.3 is 10.2 Å². The van der Waals surface area contributed by atoms with Crippen molar-refractivity contribution in [3.63, 3.8) is 0 Å². The van der Waals surface area contributed by atoms with Crippen molar-refractivity contribution in [1.82, 2.24) is 4.90 Å². The van der Waals surface area contributed by atoms with E-state index in [1.807, 2.05) is 102 Å². The van der Waals surface area contributed by atoms with E-state index < -0.39 is 23.4 Å². The van der Waals surface area contributed by atoms with E-state index in [0.29, 0.717) is 16.8 Å². The van der Waals surface area contributed by atoms with E-state index in [1.165, 1.54) is 0 Å². The molecule has 4 unspecified atom stereocenters. The molecule has 1 fully saturated rings. The fourth-order valence-electron chi connectivity index (χ4n) is 6.72. The van der Waals surface area contributed by atoms with Gasteiger partial charge in [0.1, 0.15) is 11.5 Å². The molecule has 3 aliphatic rings. The number of carbonyl (C=O) groups excluding carboxylic acids is 3. The van der Waals surface area contributed by atoms with Crippen LogP contribution in [0.15, 0.2) is 115 Å². The van der Waals surface area contributed by atoms with Gasteiger partial charge in [-0.15, -0.1) is 0 Å². The van der Waals surface area contributed by atoms with Gasteiger partial charge in [-0.2, -0.15) is 0 Å². The van der Waals surface area contributed by atoms with Crippen LogP contribution in [0.25, 0.3) is 6.08 Å². The molecule has 7 rings (SSSR count). The van der Waals surface area contributed by atoms with Crippen molar-refractivity contribution in [2.45, 2.75) is 17.5 Å². The highest BCUT2D eigenvalue weighted by Crippen LogP contribution is 2.62. The largest absolute Gasteiger partial charge is 0.358 e. The standard InChI is InChI=1S/C33H24N2O3/c36-29(22-12-3-1-4-13-22)27-28(30(37)23-14-5-2-6-15-23)35-20-19-21-11-7-8-16-24(21)31(35)33(27)25-17-9-10-18-26(25)34-32(33)38/h1-20,27-28,31H,(H,34,38). The molecule has 1 spiro atoms. The van der Waals surface area contributed by atoms with Crippen molar-refractivity contribution in [2.24, 2.45) is 5.92 Å². The maximum atomic E-state index is 14.6. The normalized spacial score (nSPS) is 24.5. The number of nitrogens with one attached hydrogen (secondary N) is 1. The molecule has 0 saturated carbocycles. The smallest absolute Gasteiger partial charge is 0.238 e. The molecule has 1 N–H and O–H groups in total. The Hall–Kier alpha value is -4.77. The zero-order valence-electron chi connectivity index (χ0n) is 20.5. The molecule has 0 aliphatic carbocycles. The van der Waals surface area contributed by atoms with Crippen LogP contribution in [0.5, 0.6) is 0 Å². The van der Waals surface area contributed by atoms with Crippen LogP contribution in [-0.2, 0) is 10.2 Å². The summed E-state index contributed by atoms with van der Waals surface area (Å²) in [5.74, 6) is -1.60. The number of hydrogen-bond acceptors (Lipinski definition) is 4. The Balaban J connectivity index is 1.55. The van der Waals surface area contributed by atoms with Gasteiger partial charge in [0, 0.05) is 23.0 Å². The van der Waals surface area contributed by atoms with E-state index in [9.17, 15) is 14.4 Å². The first-order valence-corrected chi connectivity index (χ1v) is 12.8. The summed E-state index contributed by atoms with van der Waals surface area (Å²) in [6, 6.07) is 32.1. The summed E-state index contributed by atoms with van der Waals surface area (Å²) in [6.45, 7) is 0. The van der Waals surface area contributed by atoms with Gasteiger partial charge in [0.15, 0.2) is 11.6 Å². The van der Waals surface area contributed by atoms with Crippen molar-refractivity contribution in [2.75, 3.05) is 5.32 Å². The molecule has 1 amide bonds. The zero-order chi connectivity index (χ0) is 25.9. The Morgan fingerprint density at radius 1 is 0.711 bits per heavy atom. The summed E-state index contributed by atoms with van der Waals surface area (Å²) in [6.07, 6.45) is 3.87. The van der Waals surface area contributed by atoms with Crippen molar-refractivity contribution in [3.05, 3.63) is 143 Å². The van der Waals surface area contributed by atoms with Crippen LogP contribution < -0.4 is 5.32 Å². The minimum atomic E-state index is -1.31. The number of anilines is 1. The van der Waals surface area contributed by atoms with Crippen LogP contribution >= 0.6 is 0 Å². The molecule has 4 atom stereocenters. The molecule has 5 nitrogen and oxygen atoms in total. The van der Waals surface area contributed by atoms with Gasteiger partial charge >= 0.3 is 0 Å². The number of nitrogens with zero attached hydrogens (tertiary/aromatic N) is 1. The highest BCUT2D eigenvalue weighted by atomic mass is 16.2. The molecule has 4 aromatic rings. The van der Waals surface area contributed by atoms with Crippen LogP contribution in [0.2, 0.25) is 0 Å². The summed E-state index contributed by atoms with van der Waals surface area (Å²) in [4.78, 5) is 45.2. The van der Waals surface area contributed by atoms with Gasteiger partial charge in [0.05, 0.1) is 12.0 Å². The van der Waals surface area contributed by atoms with Crippen LogP contribution in [0.4, 0.5) is 5.69 Å². The first kappa shape index (κ1) is 22.4. The molecule has 3 heterocycles. The third kappa shape index (κ3) is 2.96. The number of ketones is 2. The summed E-state index contributed by atoms with van der Waals surface area (Å²) in [7, 11) is 0. The van der Waals surface area contributed by atoms with Crippen LogP contribution in [0.1, 0.15) is 43.4 Å². The number of Topliss-reactive ketones (excluding diaryl/α,β-unsaturated/α-hetero) is 2. The maximum absolute atomic E-state index is 14.6. The third-order valence-corrected chi connectivity index (χ3v) is 8.24. The lowest BCUT2D eigenvalue weighted by Gasteiger charge is -2.38. The van der Waals surface area contributed by atoms with Gasteiger partial charge in [-0.1, -0.05) is 103 Å². The van der Waals surface area contributed by atoms with E-state index in [4.69, 9.17) is 0 Å². The lowest BCUT2D eigenvalue weighted by Crippen LogP contribution is -2.49. The minimum absolute atomic E-state index is 0.178. The minimum Gasteiger partial charge on any atom is -0.358 e. The molecule has 0 aromatic heterocycles. The number of hydrogen-bond donors (Lipinski definition) is 1. The summed E-state index contributed by atoms with van der Waals surface area (Å²) in [5.41, 5.74) is 3.03. The van der Waals surface area contributed by atoms with E-state index in [-0.39, 0.29) is 17.5 Å². The van der Waals surface area contributed by atoms with Crippen LogP contribution in [0.3, 0.4) is 0 Å². The van der Waals surface area contributed by atoms with Crippen molar-refractivity contribution in [3.8, 4) is 0 Å². The van der Waals surface area contributed by atoms with E-state index in [2.05, 4.69) is 5.32 Å². The molecular formula is C33H24N2O3. The Labute approximate surface area is 220 Å². The quantitative estimate of drug-likeness (QED) is 0.370. The number of fused-ring (bicyclic) bond motifs is 6. The summed E-state index contributed by atoms with van der Waals surface area (Å²) >= 11 is 0. The maximum Gasteiger partial charge on any atom is 0.238 e. The Kier molecular flexibility index (Phi) is 4.95. The number of amides is 1. The second kappa shape index (κ2) is 8.38. The second-order valence-corrected chi connectivity index (χ2v) is 10.0. The van der Waals surface area contributed by atoms with E-state index >= 15 is 0 Å². The predicted octanol–water partition coefficient (Wildman–Crippen LogP) is 5.67. The molecule has 184 valence electrons. The average Bonchev–Trinajstić information content (AvgIpc) is 3.45. The third-order valence-electron chi connectivity index (χ3n) is 8.24. The Bertz CT molecular complexity index is 1630.